The van der Waals surface area contributed by atoms with Crippen LogP contribution < -0.4 is 10.5 Å². The van der Waals surface area contributed by atoms with Crippen molar-refractivity contribution in [2.45, 2.75) is 11.3 Å². The number of nitrogens with one attached hydrogen (secondary N) is 1. The fourth-order valence-electron chi connectivity index (χ4n) is 3.46. The molecular formula is C22H19N7O2S. The number of nitrogens with two attached hydrogens (primary N) is 1. The van der Waals surface area contributed by atoms with E-state index in [1.54, 1.807) is 29.0 Å². The van der Waals surface area contributed by atoms with Gasteiger partial charge in [0.15, 0.2) is 11.5 Å². The van der Waals surface area contributed by atoms with Gasteiger partial charge in [-0.25, -0.2) is 23.5 Å². The summed E-state index contributed by atoms with van der Waals surface area (Å²) < 4.78 is 24.5. The molecule has 9 nitrogen and oxygen atoms in total. The molecule has 3 aromatic heterocycles. The smallest absolute Gasteiger partial charge is 0.238 e. The molecule has 0 spiro atoms. The molecular weight excluding hydrogens is 426 g/mol. The third-order valence-electron chi connectivity index (χ3n) is 5.07. The number of pyridine rings is 1. The maximum Gasteiger partial charge on any atom is 0.238 e. The topological polar surface area (TPSA) is 128 Å². The van der Waals surface area contributed by atoms with Crippen LogP contribution in [0.1, 0.15) is 5.56 Å². The third kappa shape index (κ3) is 3.88. The first-order valence-corrected chi connectivity index (χ1v) is 11.5. The number of hydrogen-bond acceptors (Lipinski definition) is 7. The van der Waals surface area contributed by atoms with Crippen molar-refractivity contribution in [1.82, 2.24) is 24.6 Å². The highest BCUT2D eigenvalue weighted by molar-refractivity contribution is 7.89. The summed E-state index contributed by atoms with van der Waals surface area (Å²) in [6.45, 7) is 0.569. The van der Waals surface area contributed by atoms with Crippen LogP contribution in [-0.4, -0.2) is 39.5 Å². The Bertz CT molecular complexity index is 1520. The predicted octanol–water partition coefficient (Wildman–Crippen LogP) is 2.64. The van der Waals surface area contributed by atoms with Gasteiger partial charge in [0.1, 0.15) is 0 Å². The van der Waals surface area contributed by atoms with Crippen molar-refractivity contribution >= 4 is 32.5 Å². The van der Waals surface area contributed by atoms with Gasteiger partial charge in [-0.2, -0.15) is 4.52 Å². The van der Waals surface area contributed by atoms with E-state index in [2.05, 4.69) is 15.4 Å². The molecule has 0 radical (unpaired) electrons. The summed E-state index contributed by atoms with van der Waals surface area (Å²) in [6, 6.07) is 18.0. The second-order valence-corrected chi connectivity index (χ2v) is 8.79. The molecule has 0 aliphatic heterocycles. The lowest BCUT2D eigenvalue weighted by Gasteiger charge is -2.09. The highest BCUT2D eigenvalue weighted by atomic mass is 32.2. The van der Waals surface area contributed by atoms with Gasteiger partial charge in [0.05, 0.1) is 10.4 Å². The molecule has 0 saturated carbocycles. The van der Waals surface area contributed by atoms with Crippen LogP contribution in [0.25, 0.3) is 27.9 Å². The van der Waals surface area contributed by atoms with Gasteiger partial charge in [0.2, 0.25) is 16.0 Å². The minimum absolute atomic E-state index is 0.0957. The van der Waals surface area contributed by atoms with E-state index in [4.69, 9.17) is 15.1 Å². The number of nitrogens with zero attached hydrogens (tertiary/aromatic N) is 5. The molecule has 0 unspecified atom stereocenters. The number of fused-ring (bicyclic) bond motifs is 3. The number of primary sulfonamides is 1. The van der Waals surface area contributed by atoms with Gasteiger partial charge in [-0.1, -0.05) is 24.3 Å². The minimum Gasteiger partial charge on any atom is -0.354 e. The van der Waals surface area contributed by atoms with Crippen molar-refractivity contribution in [1.29, 1.82) is 0 Å². The second-order valence-electron chi connectivity index (χ2n) is 7.23. The molecule has 160 valence electrons. The zero-order valence-electron chi connectivity index (χ0n) is 16.9. The standard InChI is InChI=1S/C22H19N7O2S/c23-32(30,31)17-7-5-15(6-8-17)9-14-25-22-26-19-4-2-1-3-18(19)21-27-20(28-29(21)22)16-10-12-24-13-11-16/h1-8,10-13H,9,14H2,(H,25,26)(H2,23,30,31). The van der Waals surface area contributed by atoms with Crippen molar-refractivity contribution in [3.8, 4) is 11.4 Å². The summed E-state index contributed by atoms with van der Waals surface area (Å²) in [5.41, 5.74) is 3.36. The maximum absolute atomic E-state index is 11.4. The third-order valence-corrected chi connectivity index (χ3v) is 6.00. The zero-order chi connectivity index (χ0) is 22.1. The van der Waals surface area contributed by atoms with Crippen LogP contribution in [0.4, 0.5) is 5.95 Å². The van der Waals surface area contributed by atoms with E-state index in [1.807, 2.05) is 36.4 Å². The van der Waals surface area contributed by atoms with Crippen molar-refractivity contribution in [3.63, 3.8) is 0 Å². The van der Waals surface area contributed by atoms with E-state index >= 15 is 0 Å². The molecule has 32 heavy (non-hydrogen) atoms. The number of aromatic nitrogens is 5. The number of rotatable bonds is 6. The van der Waals surface area contributed by atoms with Crippen LogP contribution in [0.15, 0.2) is 78.0 Å². The summed E-state index contributed by atoms with van der Waals surface area (Å²) in [4.78, 5) is 13.6. The molecule has 3 heterocycles. The van der Waals surface area contributed by atoms with Crippen LogP contribution in [0, 0.1) is 0 Å². The van der Waals surface area contributed by atoms with E-state index < -0.39 is 10.0 Å². The van der Waals surface area contributed by atoms with E-state index in [0.717, 1.165) is 22.0 Å². The zero-order valence-corrected chi connectivity index (χ0v) is 17.7. The Morgan fingerprint density at radius 1 is 0.938 bits per heavy atom. The first kappa shape index (κ1) is 20.0. The molecule has 0 saturated heterocycles. The fourth-order valence-corrected chi connectivity index (χ4v) is 3.97. The number of hydrogen-bond donors (Lipinski definition) is 2. The molecule has 10 heteroatoms. The van der Waals surface area contributed by atoms with Gasteiger partial charge in [0.25, 0.3) is 0 Å². The molecule has 0 aliphatic carbocycles. The van der Waals surface area contributed by atoms with Gasteiger partial charge in [-0.15, -0.1) is 5.10 Å². The summed E-state index contributed by atoms with van der Waals surface area (Å²) in [7, 11) is -3.70. The molecule has 3 N–H and O–H groups in total. The van der Waals surface area contributed by atoms with Gasteiger partial charge < -0.3 is 5.32 Å². The van der Waals surface area contributed by atoms with Crippen LogP contribution in [-0.2, 0) is 16.4 Å². The van der Waals surface area contributed by atoms with Gasteiger partial charge in [-0.05, 0) is 48.4 Å². The Labute approximate surface area is 184 Å². The highest BCUT2D eigenvalue weighted by Crippen LogP contribution is 2.24. The molecule has 0 fully saturated rings. The Morgan fingerprint density at radius 2 is 1.69 bits per heavy atom. The quantitative estimate of drug-likeness (QED) is 0.411. The molecule has 5 rings (SSSR count). The number of benzene rings is 2. The highest BCUT2D eigenvalue weighted by Gasteiger charge is 2.14. The summed E-state index contributed by atoms with van der Waals surface area (Å²) in [6.07, 6.45) is 4.07. The van der Waals surface area contributed by atoms with Crippen LogP contribution >= 0.6 is 0 Å². The SMILES string of the molecule is NS(=O)(=O)c1ccc(CCNc2nc3ccccc3c3nc(-c4ccncc4)nn23)cc1. The molecule has 0 atom stereocenters. The first-order valence-electron chi connectivity index (χ1n) is 9.90. The number of anilines is 1. The van der Waals surface area contributed by atoms with Gasteiger partial charge in [-0.3, -0.25) is 4.98 Å². The monoisotopic (exact) mass is 445 g/mol. The van der Waals surface area contributed by atoms with Gasteiger partial charge in [0, 0.05) is 29.9 Å². The summed E-state index contributed by atoms with van der Waals surface area (Å²) in [5, 5.41) is 14.1. The largest absolute Gasteiger partial charge is 0.354 e. The van der Waals surface area contributed by atoms with Crippen molar-refractivity contribution in [2.75, 3.05) is 11.9 Å². The van der Waals surface area contributed by atoms with Crippen LogP contribution in [0.2, 0.25) is 0 Å². The van der Waals surface area contributed by atoms with Gasteiger partial charge >= 0.3 is 0 Å². The first-order chi connectivity index (χ1) is 15.5. The lowest BCUT2D eigenvalue weighted by Crippen LogP contribution is -2.13. The molecule has 0 amide bonds. The van der Waals surface area contributed by atoms with E-state index in [1.165, 1.54) is 12.1 Å². The molecule has 0 aliphatic rings. The van der Waals surface area contributed by atoms with Crippen molar-refractivity contribution in [2.24, 2.45) is 5.14 Å². The Morgan fingerprint density at radius 3 is 2.44 bits per heavy atom. The average molecular weight is 446 g/mol. The molecule has 2 aromatic carbocycles. The molecule has 0 bridgehead atoms. The lowest BCUT2D eigenvalue weighted by molar-refractivity contribution is 0.598. The Kier molecular flexibility index (Phi) is 5.00. The second kappa shape index (κ2) is 7.98. The number of sulfonamides is 1. The normalized spacial score (nSPS) is 11.8. The van der Waals surface area contributed by atoms with Crippen LogP contribution in [0.5, 0.6) is 0 Å². The summed E-state index contributed by atoms with van der Waals surface area (Å²) >= 11 is 0. The van der Waals surface area contributed by atoms with Crippen LogP contribution in [0.3, 0.4) is 0 Å². The van der Waals surface area contributed by atoms with E-state index in [0.29, 0.717) is 30.4 Å². The van der Waals surface area contributed by atoms with E-state index in [9.17, 15) is 8.42 Å². The maximum atomic E-state index is 11.4. The summed E-state index contributed by atoms with van der Waals surface area (Å²) in [5.74, 6) is 1.17. The minimum atomic E-state index is -3.70. The Hall–Kier alpha value is -3.89. The number of para-hydroxylation sites is 1. The predicted molar refractivity (Wildman–Crippen MR) is 122 cm³/mol. The Balaban J connectivity index is 1.45. The van der Waals surface area contributed by atoms with E-state index in [-0.39, 0.29) is 4.90 Å². The average Bonchev–Trinajstić information content (AvgIpc) is 3.26. The lowest BCUT2D eigenvalue weighted by atomic mass is 10.1. The van der Waals surface area contributed by atoms with Crippen molar-refractivity contribution < 1.29 is 8.42 Å². The molecule has 5 aromatic rings. The van der Waals surface area contributed by atoms with Crippen molar-refractivity contribution in [3.05, 3.63) is 78.6 Å². The fraction of sp³-hybridized carbons (Fsp3) is 0.0909.